The molecule has 0 saturated carbocycles. The first-order chi connectivity index (χ1) is 12.6. The summed E-state index contributed by atoms with van der Waals surface area (Å²) in [4.78, 5) is 23.7. The number of esters is 1. The SMILES string of the molecule is O=C(COC(=O)Cc1ccc(F)cc1)Nc1ccc2c(c1)OCCCO2. The van der Waals surface area contributed by atoms with Gasteiger partial charge in [-0.1, -0.05) is 12.1 Å². The fourth-order valence-electron chi connectivity index (χ4n) is 2.40. The molecule has 0 bridgehead atoms. The van der Waals surface area contributed by atoms with Crippen molar-refractivity contribution in [3.8, 4) is 11.5 Å². The third kappa shape index (κ3) is 4.95. The lowest BCUT2D eigenvalue weighted by molar-refractivity contribution is -0.146. The predicted octanol–water partition coefficient (Wildman–Crippen LogP) is 2.71. The summed E-state index contributed by atoms with van der Waals surface area (Å²) in [7, 11) is 0. The molecule has 1 heterocycles. The molecule has 6 nitrogen and oxygen atoms in total. The molecule has 0 unspecified atom stereocenters. The summed E-state index contributed by atoms with van der Waals surface area (Å²) >= 11 is 0. The Hall–Kier alpha value is -3.09. The van der Waals surface area contributed by atoms with Crippen LogP contribution in [0, 0.1) is 5.82 Å². The van der Waals surface area contributed by atoms with E-state index < -0.39 is 18.5 Å². The number of carbonyl (C=O) groups is 2. The van der Waals surface area contributed by atoms with Crippen LogP contribution >= 0.6 is 0 Å². The van der Waals surface area contributed by atoms with E-state index >= 15 is 0 Å². The van der Waals surface area contributed by atoms with E-state index in [0.717, 1.165) is 6.42 Å². The number of hydrogen-bond donors (Lipinski definition) is 1. The molecule has 0 atom stereocenters. The summed E-state index contributed by atoms with van der Waals surface area (Å²) in [5.41, 5.74) is 1.13. The maximum atomic E-state index is 12.8. The van der Waals surface area contributed by atoms with E-state index in [1.165, 1.54) is 24.3 Å². The zero-order valence-electron chi connectivity index (χ0n) is 14.0. The Kier molecular flexibility index (Phi) is 5.68. The maximum Gasteiger partial charge on any atom is 0.310 e. The second kappa shape index (κ2) is 8.33. The largest absolute Gasteiger partial charge is 0.490 e. The van der Waals surface area contributed by atoms with Gasteiger partial charge in [0, 0.05) is 18.2 Å². The molecule has 136 valence electrons. The van der Waals surface area contributed by atoms with E-state index in [1.807, 2.05) is 0 Å². The Morgan fingerprint density at radius 1 is 1.04 bits per heavy atom. The van der Waals surface area contributed by atoms with Gasteiger partial charge < -0.3 is 19.5 Å². The number of halogens is 1. The van der Waals surface area contributed by atoms with E-state index in [9.17, 15) is 14.0 Å². The first kappa shape index (κ1) is 17.7. The zero-order chi connectivity index (χ0) is 18.4. The molecule has 1 amide bonds. The molecule has 0 aliphatic carbocycles. The van der Waals surface area contributed by atoms with Crippen LogP contribution in [0.1, 0.15) is 12.0 Å². The third-order valence-corrected chi connectivity index (χ3v) is 3.66. The van der Waals surface area contributed by atoms with Crippen LogP contribution in [-0.2, 0) is 20.7 Å². The van der Waals surface area contributed by atoms with Crippen LogP contribution in [0.3, 0.4) is 0 Å². The molecule has 7 heteroatoms. The molecular formula is C19H18FNO5. The van der Waals surface area contributed by atoms with Gasteiger partial charge in [-0.2, -0.15) is 0 Å². The van der Waals surface area contributed by atoms with Gasteiger partial charge in [0.1, 0.15) is 5.82 Å². The Labute approximate surface area is 149 Å². The lowest BCUT2D eigenvalue weighted by atomic mass is 10.1. The number of carbonyl (C=O) groups excluding carboxylic acids is 2. The number of anilines is 1. The summed E-state index contributed by atoms with van der Waals surface area (Å²) < 4.78 is 28.8. The van der Waals surface area contributed by atoms with E-state index in [1.54, 1.807) is 18.2 Å². The quantitative estimate of drug-likeness (QED) is 0.831. The summed E-state index contributed by atoms with van der Waals surface area (Å²) in [5.74, 6) is -0.214. The van der Waals surface area contributed by atoms with E-state index in [0.29, 0.717) is 36.0 Å². The number of ether oxygens (including phenoxy) is 3. The molecular weight excluding hydrogens is 341 g/mol. The highest BCUT2D eigenvalue weighted by Crippen LogP contribution is 2.32. The molecule has 1 N–H and O–H groups in total. The van der Waals surface area contributed by atoms with Crippen molar-refractivity contribution in [1.29, 1.82) is 0 Å². The lowest BCUT2D eigenvalue weighted by Crippen LogP contribution is -2.21. The molecule has 0 radical (unpaired) electrons. The average Bonchev–Trinajstić information content (AvgIpc) is 2.87. The molecule has 0 fully saturated rings. The molecule has 1 aliphatic rings. The topological polar surface area (TPSA) is 73.9 Å². The summed E-state index contributed by atoms with van der Waals surface area (Å²) in [6.07, 6.45) is 0.762. The molecule has 0 spiro atoms. The average molecular weight is 359 g/mol. The van der Waals surface area contributed by atoms with Crippen LogP contribution in [0.2, 0.25) is 0 Å². The fraction of sp³-hybridized carbons (Fsp3) is 0.263. The van der Waals surface area contributed by atoms with Gasteiger partial charge in [-0.25, -0.2) is 4.39 Å². The van der Waals surface area contributed by atoms with Gasteiger partial charge in [0.2, 0.25) is 0 Å². The van der Waals surface area contributed by atoms with Crippen LogP contribution < -0.4 is 14.8 Å². The number of hydrogen-bond acceptors (Lipinski definition) is 5. The van der Waals surface area contributed by atoms with E-state index in [2.05, 4.69) is 5.32 Å². The maximum absolute atomic E-state index is 12.8. The normalized spacial score (nSPS) is 12.8. The van der Waals surface area contributed by atoms with Crippen LogP contribution in [0.5, 0.6) is 11.5 Å². The summed E-state index contributed by atoms with van der Waals surface area (Å²) in [5, 5.41) is 2.64. The number of rotatable bonds is 5. The summed E-state index contributed by atoms with van der Waals surface area (Å²) in [6.45, 7) is 0.725. The second-order valence-corrected chi connectivity index (χ2v) is 5.72. The minimum atomic E-state index is -0.564. The van der Waals surface area contributed by atoms with E-state index in [4.69, 9.17) is 14.2 Å². The van der Waals surface area contributed by atoms with Gasteiger partial charge in [-0.05, 0) is 29.8 Å². The number of nitrogens with one attached hydrogen (secondary N) is 1. The Balaban J connectivity index is 1.48. The van der Waals surface area contributed by atoms with E-state index in [-0.39, 0.29) is 12.2 Å². The van der Waals surface area contributed by atoms with Crippen molar-refractivity contribution >= 4 is 17.6 Å². The van der Waals surface area contributed by atoms with Gasteiger partial charge in [-0.15, -0.1) is 0 Å². The highest BCUT2D eigenvalue weighted by atomic mass is 19.1. The van der Waals surface area contributed by atoms with Gasteiger partial charge in [0.15, 0.2) is 18.1 Å². The molecule has 3 rings (SSSR count). The minimum Gasteiger partial charge on any atom is -0.490 e. The standard InChI is InChI=1S/C19H18FNO5/c20-14-4-2-13(3-5-14)10-19(23)26-12-18(22)21-15-6-7-16-17(11-15)25-9-1-8-24-16/h2-7,11H,1,8-10,12H2,(H,21,22). The zero-order valence-corrected chi connectivity index (χ0v) is 14.0. The van der Waals surface area contributed by atoms with Crippen molar-refractivity contribution in [2.75, 3.05) is 25.1 Å². The highest BCUT2D eigenvalue weighted by molar-refractivity contribution is 5.93. The number of fused-ring (bicyclic) bond motifs is 1. The van der Waals surface area contributed by atoms with Crippen LogP contribution in [0.4, 0.5) is 10.1 Å². The minimum absolute atomic E-state index is 0.0302. The number of benzene rings is 2. The van der Waals surface area contributed by atoms with Gasteiger partial charge in [-0.3, -0.25) is 9.59 Å². The smallest absolute Gasteiger partial charge is 0.310 e. The Bertz CT molecular complexity index is 791. The Morgan fingerprint density at radius 2 is 1.77 bits per heavy atom. The monoisotopic (exact) mass is 359 g/mol. The van der Waals surface area contributed by atoms with Crippen molar-refractivity contribution in [3.05, 3.63) is 53.8 Å². The molecule has 1 aliphatic heterocycles. The predicted molar refractivity (Wildman–Crippen MR) is 91.7 cm³/mol. The van der Waals surface area contributed by atoms with Crippen LogP contribution in [0.15, 0.2) is 42.5 Å². The number of amides is 1. The molecule has 2 aromatic carbocycles. The summed E-state index contributed by atoms with van der Waals surface area (Å²) in [6, 6.07) is 10.6. The molecule has 0 saturated heterocycles. The van der Waals surface area contributed by atoms with Crippen molar-refractivity contribution in [2.45, 2.75) is 12.8 Å². The van der Waals surface area contributed by atoms with Gasteiger partial charge in [0.05, 0.1) is 19.6 Å². The van der Waals surface area contributed by atoms with Crippen molar-refractivity contribution < 1.29 is 28.2 Å². The Morgan fingerprint density at radius 3 is 2.54 bits per heavy atom. The highest BCUT2D eigenvalue weighted by Gasteiger charge is 2.13. The molecule has 26 heavy (non-hydrogen) atoms. The van der Waals surface area contributed by atoms with Crippen molar-refractivity contribution in [1.82, 2.24) is 0 Å². The lowest BCUT2D eigenvalue weighted by Gasteiger charge is -2.10. The second-order valence-electron chi connectivity index (χ2n) is 5.72. The first-order valence-corrected chi connectivity index (χ1v) is 8.20. The van der Waals surface area contributed by atoms with Crippen LogP contribution in [-0.4, -0.2) is 31.7 Å². The van der Waals surface area contributed by atoms with Gasteiger partial charge >= 0.3 is 5.97 Å². The first-order valence-electron chi connectivity index (χ1n) is 8.20. The fourth-order valence-corrected chi connectivity index (χ4v) is 2.40. The van der Waals surface area contributed by atoms with Crippen molar-refractivity contribution in [2.24, 2.45) is 0 Å². The van der Waals surface area contributed by atoms with Gasteiger partial charge in [0.25, 0.3) is 5.91 Å². The molecule has 2 aromatic rings. The van der Waals surface area contributed by atoms with Crippen LogP contribution in [0.25, 0.3) is 0 Å². The van der Waals surface area contributed by atoms with Crippen molar-refractivity contribution in [3.63, 3.8) is 0 Å². The molecule has 0 aromatic heterocycles. The third-order valence-electron chi connectivity index (χ3n) is 3.66.